The van der Waals surface area contributed by atoms with E-state index in [0.717, 1.165) is 32.1 Å². The molecule has 4 aromatic rings. The zero-order valence-corrected chi connectivity index (χ0v) is 28.5. The lowest BCUT2D eigenvalue weighted by Crippen LogP contribution is -2.54. The van der Waals surface area contributed by atoms with Crippen molar-refractivity contribution in [1.82, 2.24) is 13.7 Å². The van der Waals surface area contributed by atoms with E-state index in [-0.39, 0.29) is 36.9 Å². The van der Waals surface area contributed by atoms with Gasteiger partial charge in [0, 0.05) is 4.53 Å². The third kappa shape index (κ3) is 7.00. The number of nitrogens with zero attached hydrogens (tertiary/aromatic N) is 3. The van der Waals surface area contributed by atoms with Crippen LogP contribution in [0.1, 0.15) is 58.7 Å². The van der Waals surface area contributed by atoms with Crippen molar-refractivity contribution >= 4 is 45.2 Å². The van der Waals surface area contributed by atoms with Crippen molar-refractivity contribution in [3.8, 4) is 17.2 Å². The lowest BCUT2D eigenvalue weighted by atomic mass is 10.0. The zero-order valence-electron chi connectivity index (χ0n) is 24.2. The van der Waals surface area contributed by atoms with Crippen LogP contribution in [0.25, 0.3) is 0 Å². The molecule has 3 aromatic carbocycles. The number of phenols is 2. The van der Waals surface area contributed by atoms with E-state index in [1.807, 2.05) is 45.2 Å². The second-order valence-corrected chi connectivity index (χ2v) is 13.0. The fourth-order valence-corrected chi connectivity index (χ4v) is 6.84. The van der Waals surface area contributed by atoms with Gasteiger partial charge in [-0.3, -0.25) is 4.94 Å². The first kappa shape index (κ1) is 32.8. The number of rotatable bonds is 10. The molecule has 0 unspecified atom stereocenters. The molecule has 43 heavy (non-hydrogen) atoms. The summed E-state index contributed by atoms with van der Waals surface area (Å²) in [6, 6.07) is 10.1. The molecule has 12 heteroatoms. The summed E-state index contributed by atoms with van der Waals surface area (Å²) in [7, 11) is 0. The van der Waals surface area contributed by atoms with Gasteiger partial charge in [0.2, 0.25) is 0 Å². The van der Waals surface area contributed by atoms with Gasteiger partial charge in [0.1, 0.15) is 11.5 Å². The zero-order chi connectivity index (χ0) is 31.6. The predicted molar refractivity (Wildman–Crippen MR) is 179 cm³/mol. The molecule has 0 saturated carbocycles. The molecule has 0 radical (unpaired) electrons. The van der Waals surface area contributed by atoms with Gasteiger partial charge in [-0.2, -0.15) is 0 Å². The van der Waals surface area contributed by atoms with Gasteiger partial charge in [-0.05, 0) is 130 Å². The number of phenolic OH excluding ortho intramolecular Hbond substituents is 2. The van der Waals surface area contributed by atoms with Gasteiger partial charge < -0.3 is 10.2 Å². The minimum absolute atomic E-state index is 0.0537. The third-order valence-electron chi connectivity index (χ3n) is 7.33. The Bertz CT molecular complexity index is 1830. The second-order valence-electron chi connectivity index (χ2n) is 10.7. The molecule has 0 saturated heterocycles. The molecule has 0 spiro atoms. The normalized spacial score (nSPS) is 11.2. The van der Waals surface area contributed by atoms with Crippen molar-refractivity contribution in [2.24, 2.45) is 0 Å². The van der Waals surface area contributed by atoms with E-state index in [2.05, 4.69) is 11.9 Å². The lowest BCUT2D eigenvalue weighted by Gasteiger charge is -2.17. The number of hydrogen-bond acceptors (Lipinski definition) is 6. The smallest absolute Gasteiger partial charge is 0.336 e. The van der Waals surface area contributed by atoms with Crippen molar-refractivity contribution in [2.45, 2.75) is 66.6 Å². The molecule has 2 N–H and O–H groups in total. The minimum atomic E-state index is -0.795. The summed E-state index contributed by atoms with van der Waals surface area (Å²) in [6.07, 6.45) is 2.44. The average molecular weight is 815 g/mol. The molecule has 0 amide bonds. The summed E-state index contributed by atoms with van der Waals surface area (Å²) in [5, 5.41) is 20.8. The van der Waals surface area contributed by atoms with Crippen LogP contribution >= 0.6 is 45.2 Å². The first-order chi connectivity index (χ1) is 20.4. The Hall–Kier alpha value is -3.14. The Kier molecular flexibility index (Phi) is 10.4. The maximum Gasteiger partial charge on any atom is 0.336 e. The maximum absolute atomic E-state index is 13.8. The van der Waals surface area contributed by atoms with Crippen molar-refractivity contribution in [3.63, 3.8) is 0 Å². The molecule has 0 aliphatic carbocycles. The Morgan fingerprint density at radius 3 is 1.58 bits per heavy atom. The Balaban J connectivity index is 1.90. The van der Waals surface area contributed by atoms with Crippen LogP contribution < -0.4 is 22.0 Å². The standard InChI is InChI=1S/C31H32FI2N3O6/c1-5-6-7-23-11-20(8-17(2)26(23)38)14-35-29(40)36(15-21-9-18(3)27(39)24(33)12-21)31(42)37(30(35)41)16-22-10-19(4)28(43-32)25(34)13-22/h8-13,38-39H,5-7,14-16H2,1-4H3. The van der Waals surface area contributed by atoms with Crippen molar-refractivity contribution in [3.05, 3.63) is 114 Å². The van der Waals surface area contributed by atoms with Crippen LogP contribution in [0, 0.1) is 27.9 Å². The van der Waals surface area contributed by atoms with Gasteiger partial charge in [-0.1, -0.05) is 37.6 Å². The average Bonchev–Trinajstić information content (AvgIpc) is 2.95. The van der Waals surface area contributed by atoms with E-state index in [1.54, 1.807) is 57.2 Å². The highest BCUT2D eigenvalue weighted by Gasteiger charge is 2.19. The second kappa shape index (κ2) is 13.7. The first-order valence-electron chi connectivity index (χ1n) is 13.7. The summed E-state index contributed by atoms with van der Waals surface area (Å²) >= 11 is 3.90. The van der Waals surface area contributed by atoms with E-state index in [4.69, 9.17) is 0 Å². The molecule has 0 fully saturated rings. The topological polar surface area (TPSA) is 116 Å². The van der Waals surface area contributed by atoms with Crippen LogP contribution in [0.3, 0.4) is 0 Å². The molecule has 0 atom stereocenters. The van der Waals surface area contributed by atoms with Crippen LogP contribution in [0.2, 0.25) is 0 Å². The molecular weight excluding hydrogens is 783 g/mol. The number of aromatic hydroxyl groups is 2. The number of hydrogen-bond donors (Lipinski definition) is 2. The molecule has 0 bridgehead atoms. The molecule has 1 heterocycles. The van der Waals surface area contributed by atoms with E-state index in [0.29, 0.717) is 46.9 Å². The third-order valence-corrected chi connectivity index (χ3v) is 8.95. The summed E-state index contributed by atoms with van der Waals surface area (Å²) < 4.78 is 17.1. The fraction of sp³-hybridized carbons (Fsp3) is 0.323. The van der Waals surface area contributed by atoms with E-state index in [1.165, 1.54) is 0 Å². The van der Waals surface area contributed by atoms with E-state index < -0.39 is 17.1 Å². The molecule has 1 aromatic heterocycles. The highest BCUT2D eigenvalue weighted by molar-refractivity contribution is 14.1. The van der Waals surface area contributed by atoms with Crippen molar-refractivity contribution < 1.29 is 19.7 Å². The molecular formula is C31H32FI2N3O6. The summed E-state index contributed by atoms with van der Waals surface area (Å²) in [6.45, 7) is 6.79. The largest absolute Gasteiger partial charge is 0.507 e. The number of unbranched alkanes of at least 4 members (excludes halogenated alkanes) is 1. The Morgan fingerprint density at radius 1 is 0.698 bits per heavy atom. The van der Waals surface area contributed by atoms with E-state index >= 15 is 0 Å². The van der Waals surface area contributed by atoms with Gasteiger partial charge in [0.05, 0.1) is 26.8 Å². The molecule has 0 aliphatic heterocycles. The molecule has 9 nitrogen and oxygen atoms in total. The van der Waals surface area contributed by atoms with Gasteiger partial charge in [-0.15, -0.1) is 0 Å². The van der Waals surface area contributed by atoms with Crippen molar-refractivity contribution in [1.29, 1.82) is 0 Å². The van der Waals surface area contributed by atoms with Crippen LogP contribution in [0.15, 0.2) is 50.8 Å². The van der Waals surface area contributed by atoms with Crippen LogP contribution in [0.5, 0.6) is 17.2 Å². The summed E-state index contributed by atoms with van der Waals surface area (Å²) in [5.74, 6) is 0.360. The maximum atomic E-state index is 13.8. The summed E-state index contributed by atoms with van der Waals surface area (Å²) in [5.41, 5.74) is 1.86. The van der Waals surface area contributed by atoms with Crippen LogP contribution in [-0.2, 0) is 26.1 Å². The van der Waals surface area contributed by atoms with Crippen LogP contribution in [-0.4, -0.2) is 23.9 Å². The monoisotopic (exact) mass is 815 g/mol. The molecule has 4 rings (SSSR count). The lowest BCUT2D eigenvalue weighted by molar-refractivity contribution is -0.00811. The van der Waals surface area contributed by atoms with Crippen molar-refractivity contribution in [2.75, 3.05) is 0 Å². The number of halogens is 3. The van der Waals surface area contributed by atoms with Gasteiger partial charge in [0.25, 0.3) is 0 Å². The molecule has 0 aliphatic rings. The predicted octanol–water partition coefficient (Wildman–Crippen LogP) is 5.47. The number of aromatic nitrogens is 3. The van der Waals surface area contributed by atoms with Crippen LogP contribution in [0.4, 0.5) is 4.53 Å². The fourth-order valence-electron chi connectivity index (χ4n) is 5.11. The van der Waals surface area contributed by atoms with Gasteiger partial charge in [0.15, 0.2) is 5.75 Å². The SMILES string of the molecule is CCCCc1cc(Cn2c(=O)n(Cc3cc(C)c(O)c(I)c3)c(=O)n(Cc3cc(C)c(OF)c(I)c3)c2=O)cc(C)c1O. The Morgan fingerprint density at radius 2 is 1.14 bits per heavy atom. The first-order valence-corrected chi connectivity index (χ1v) is 15.8. The quantitative estimate of drug-likeness (QED) is 0.206. The Labute approximate surface area is 274 Å². The number of benzene rings is 3. The summed E-state index contributed by atoms with van der Waals surface area (Å²) in [4.78, 5) is 45.4. The molecule has 228 valence electrons. The van der Waals surface area contributed by atoms with E-state index in [9.17, 15) is 29.1 Å². The number of aryl methyl sites for hydroxylation is 4. The highest BCUT2D eigenvalue weighted by Crippen LogP contribution is 2.28. The van der Waals surface area contributed by atoms with Gasteiger partial charge >= 0.3 is 17.1 Å². The van der Waals surface area contributed by atoms with Gasteiger partial charge in [-0.25, -0.2) is 28.1 Å². The highest BCUT2D eigenvalue weighted by atomic mass is 127. The minimum Gasteiger partial charge on any atom is -0.507 e.